The Morgan fingerprint density at radius 2 is 2.17 bits per heavy atom. The summed E-state index contributed by atoms with van der Waals surface area (Å²) in [6.45, 7) is 1.35. The van der Waals surface area contributed by atoms with Crippen LogP contribution in [0.5, 0.6) is 0 Å². The Morgan fingerprint density at radius 1 is 1.44 bits per heavy atom. The molecule has 0 spiro atoms. The van der Waals surface area contributed by atoms with E-state index >= 15 is 0 Å². The number of nitrogens with one attached hydrogen (secondary N) is 1. The molecule has 0 aromatic rings. The van der Waals surface area contributed by atoms with Crippen LogP contribution in [-0.2, 0) is 4.79 Å². The van der Waals surface area contributed by atoms with Gasteiger partial charge in [-0.15, -0.1) is 0 Å². The second-order valence-corrected chi connectivity index (χ2v) is 4.51. The minimum atomic E-state index is -1.45. The van der Waals surface area contributed by atoms with Crippen LogP contribution in [0.25, 0.3) is 0 Å². The fraction of sp³-hybridized carbons (Fsp3) is 0.818. The molecule has 2 amide bonds. The van der Waals surface area contributed by atoms with Crippen molar-refractivity contribution in [3.8, 4) is 0 Å². The van der Waals surface area contributed by atoms with E-state index in [1.807, 2.05) is 0 Å². The Morgan fingerprint density at radius 3 is 2.78 bits per heavy atom. The SMILES string of the molecule is O=C(O)C(O)CCNC(=O)N1CCCC(CO)C1. The number of carbonyl (C=O) groups is 2. The number of aliphatic hydroxyl groups excluding tert-OH is 2. The first kappa shape index (κ1) is 14.7. The average Bonchev–Trinajstić information content (AvgIpc) is 2.38. The van der Waals surface area contributed by atoms with Crippen molar-refractivity contribution in [2.75, 3.05) is 26.2 Å². The number of amides is 2. The van der Waals surface area contributed by atoms with Crippen LogP contribution in [0.3, 0.4) is 0 Å². The number of urea groups is 1. The lowest BCUT2D eigenvalue weighted by Crippen LogP contribution is -2.46. The lowest BCUT2D eigenvalue weighted by molar-refractivity contribution is -0.146. The fourth-order valence-corrected chi connectivity index (χ4v) is 1.95. The normalized spacial score (nSPS) is 21.4. The Kier molecular flexibility index (Phi) is 5.87. The van der Waals surface area contributed by atoms with Crippen molar-refractivity contribution in [2.24, 2.45) is 5.92 Å². The minimum Gasteiger partial charge on any atom is -0.479 e. The van der Waals surface area contributed by atoms with Crippen LogP contribution in [0.15, 0.2) is 0 Å². The molecule has 2 atom stereocenters. The van der Waals surface area contributed by atoms with Gasteiger partial charge in [0.2, 0.25) is 0 Å². The van der Waals surface area contributed by atoms with Gasteiger partial charge in [0.05, 0.1) is 0 Å². The summed E-state index contributed by atoms with van der Waals surface area (Å²) in [6.07, 6.45) is 0.309. The van der Waals surface area contributed by atoms with Gasteiger partial charge in [-0.2, -0.15) is 0 Å². The fourth-order valence-electron chi connectivity index (χ4n) is 1.95. The van der Waals surface area contributed by atoms with E-state index in [1.54, 1.807) is 4.90 Å². The van der Waals surface area contributed by atoms with E-state index in [0.717, 1.165) is 12.8 Å². The summed E-state index contributed by atoms with van der Waals surface area (Å²) in [5.74, 6) is -1.17. The quantitative estimate of drug-likeness (QED) is 0.519. The number of aliphatic carboxylic acids is 1. The summed E-state index contributed by atoms with van der Waals surface area (Å²) in [6, 6.07) is -0.272. The Hall–Kier alpha value is -1.34. The smallest absolute Gasteiger partial charge is 0.332 e. The van der Waals surface area contributed by atoms with Gasteiger partial charge in [0, 0.05) is 32.7 Å². The first-order valence-electron chi connectivity index (χ1n) is 6.09. The van der Waals surface area contributed by atoms with Crippen LogP contribution in [-0.4, -0.2) is 64.6 Å². The van der Waals surface area contributed by atoms with Gasteiger partial charge >= 0.3 is 12.0 Å². The van der Waals surface area contributed by atoms with Gasteiger partial charge in [-0.1, -0.05) is 0 Å². The predicted molar refractivity (Wildman–Crippen MR) is 63.0 cm³/mol. The molecular formula is C11H20N2O5. The highest BCUT2D eigenvalue weighted by Crippen LogP contribution is 2.15. The highest BCUT2D eigenvalue weighted by atomic mass is 16.4. The number of aliphatic hydroxyl groups is 2. The van der Waals surface area contributed by atoms with Gasteiger partial charge < -0.3 is 25.5 Å². The maximum absolute atomic E-state index is 11.7. The number of piperidine rings is 1. The number of rotatable bonds is 5. The summed E-state index contributed by atoms with van der Waals surface area (Å²) in [5.41, 5.74) is 0. The summed E-state index contributed by atoms with van der Waals surface area (Å²) >= 11 is 0. The molecule has 2 unspecified atom stereocenters. The zero-order valence-corrected chi connectivity index (χ0v) is 10.2. The van der Waals surface area contributed by atoms with Crippen molar-refractivity contribution >= 4 is 12.0 Å². The van der Waals surface area contributed by atoms with E-state index in [1.165, 1.54) is 0 Å². The van der Waals surface area contributed by atoms with Crippen molar-refractivity contribution in [3.05, 3.63) is 0 Å². The van der Waals surface area contributed by atoms with E-state index in [0.29, 0.717) is 13.1 Å². The molecule has 1 rings (SSSR count). The maximum atomic E-state index is 11.7. The molecule has 0 aromatic carbocycles. The van der Waals surface area contributed by atoms with Crippen LogP contribution >= 0.6 is 0 Å². The van der Waals surface area contributed by atoms with Gasteiger partial charge in [-0.05, 0) is 18.8 Å². The van der Waals surface area contributed by atoms with Gasteiger partial charge in [0.1, 0.15) is 0 Å². The predicted octanol–water partition coefficient (Wildman–Crippen LogP) is -0.764. The van der Waals surface area contributed by atoms with Gasteiger partial charge in [-0.25, -0.2) is 9.59 Å². The third kappa shape index (κ3) is 4.50. The number of carboxylic acids is 1. The van der Waals surface area contributed by atoms with Gasteiger partial charge in [0.25, 0.3) is 0 Å². The van der Waals surface area contributed by atoms with Crippen molar-refractivity contribution < 1.29 is 24.9 Å². The van der Waals surface area contributed by atoms with E-state index in [2.05, 4.69) is 5.32 Å². The van der Waals surface area contributed by atoms with Crippen LogP contribution in [0.4, 0.5) is 4.79 Å². The zero-order valence-electron chi connectivity index (χ0n) is 10.2. The average molecular weight is 260 g/mol. The van der Waals surface area contributed by atoms with Crippen molar-refractivity contribution in [1.29, 1.82) is 0 Å². The first-order chi connectivity index (χ1) is 8.54. The number of hydrogen-bond acceptors (Lipinski definition) is 4. The molecule has 0 aromatic heterocycles. The van der Waals surface area contributed by atoms with Crippen LogP contribution in [0.2, 0.25) is 0 Å². The molecule has 18 heavy (non-hydrogen) atoms. The van der Waals surface area contributed by atoms with Crippen molar-refractivity contribution in [1.82, 2.24) is 10.2 Å². The van der Waals surface area contributed by atoms with E-state index in [9.17, 15) is 9.59 Å². The second kappa shape index (κ2) is 7.17. The number of carboxylic acid groups (broad SMARTS) is 1. The lowest BCUT2D eigenvalue weighted by atomic mass is 9.99. The lowest BCUT2D eigenvalue weighted by Gasteiger charge is -2.31. The molecule has 0 bridgehead atoms. The first-order valence-corrected chi connectivity index (χ1v) is 6.09. The highest BCUT2D eigenvalue weighted by Gasteiger charge is 2.23. The molecule has 7 heteroatoms. The Balaban J connectivity index is 2.26. The third-order valence-electron chi connectivity index (χ3n) is 3.04. The van der Waals surface area contributed by atoms with Crippen LogP contribution in [0, 0.1) is 5.92 Å². The maximum Gasteiger partial charge on any atom is 0.332 e. The van der Waals surface area contributed by atoms with Crippen molar-refractivity contribution in [2.45, 2.75) is 25.4 Å². The second-order valence-electron chi connectivity index (χ2n) is 4.51. The van der Waals surface area contributed by atoms with Crippen LogP contribution < -0.4 is 5.32 Å². The molecule has 1 heterocycles. The molecule has 7 nitrogen and oxygen atoms in total. The Labute approximate surface area is 105 Å². The van der Waals surface area contributed by atoms with Crippen LogP contribution in [0.1, 0.15) is 19.3 Å². The van der Waals surface area contributed by atoms with E-state index < -0.39 is 12.1 Å². The molecule has 1 aliphatic heterocycles. The summed E-state index contributed by atoms with van der Waals surface area (Å²) in [4.78, 5) is 23.7. The highest BCUT2D eigenvalue weighted by molar-refractivity contribution is 5.74. The molecule has 0 aliphatic carbocycles. The zero-order chi connectivity index (χ0) is 13.5. The summed E-state index contributed by atoms with van der Waals surface area (Å²) in [5, 5.41) is 29.1. The van der Waals surface area contributed by atoms with Gasteiger partial charge in [-0.3, -0.25) is 0 Å². The molecule has 0 radical (unpaired) electrons. The topological polar surface area (TPSA) is 110 Å². The number of nitrogens with zero attached hydrogens (tertiary/aromatic N) is 1. The number of likely N-dealkylation sites (tertiary alicyclic amines) is 1. The minimum absolute atomic E-state index is 0.0155. The number of carbonyl (C=O) groups excluding carboxylic acids is 1. The summed E-state index contributed by atoms with van der Waals surface area (Å²) < 4.78 is 0. The molecule has 4 N–H and O–H groups in total. The monoisotopic (exact) mass is 260 g/mol. The van der Waals surface area contributed by atoms with Gasteiger partial charge in [0.15, 0.2) is 6.10 Å². The van der Waals surface area contributed by atoms with E-state index in [-0.39, 0.29) is 31.5 Å². The Bertz CT molecular complexity index is 297. The van der Waals surface area contributed by atoms with E-state index in [4.69, 9.17) is 15.3 Å². The van der Waals surface area contributed by atoms with Crippen molar-refractivity contribution in [3.63, 3.8) is 0 Å². The summed E-state index contributed by atoms with van der Waals surface area (Å²) in [7, 11) is 0. The molecule has 104 valence electrons. The molecule has 1 saturated heterocycles. The number of hydrogen-bond donors (Lipinski definition) is 4. The largest absolute Gasteiger partial charge is 0.479 e. The molecule has 0 saturated carbocycles. The molecule has 1 fully saturated rings. The standard InChI is InChI=1S/C11H20N2O5/c14-7-8-2-1-5-13(6-8)11(18)12-4-3-9(15)10(16)17/h8-9,14-15H,1-7H2,(H,12,18)(H,16,17). The third-order valence-corrected chi connectivity index (χ3v) is 3.04. The molecular weight excluding hydrogens is 240 g/mol. The molecule has 1 aliphatic rings.